The third kappa shape index (κ3) is 5.46. The van der Waals surface area contributed by atoms with Crippen LogP contribution in [-0.2, 0) is 31.3 Å². The molecule has 3 N–H and O–H groups in total. The van der Waals surface area contributed by atoms with Gasteiger partial charge in [-0.15, -0.1) is 0 Å². The van der Waals surface area contributed by atoms with Gasteiger partial charge in [0.25, 0.3) is 5.91 Å². The van der Waals surface area contributed by atoms with E-state index in [0.717, 1.165) is 24.1 Å². The lowest BCUT2D eigenvalue weighted by atomic mass is 9.82. The monoisotopic (exact) mass is 636 g/mol. The predicted molar refractivity (Wildman–Crippen MR) is 171 cm³/mol. The van der Waals surface area contributed by atoms with Gasteiger partial charge in [-0.2, -0.15) is 0 Å². The van der Waals surface area contributed by atoms with Gasteiger partial charge in [0.2, 0.25) is 11.8 Å². The molecule has 3 saturated heterocycles. The molecule has 4 aliphatic rings. The average molecular weight is 637 g/mol. The molecule has 0 unspecified atom stereocenters. The molecule has 3 fully saturated rings. The van der Waals surface area contributed by atoms with Gasteiger partial charge in [0.1, 0.15) is 5.75 Å². The third-order valence-electron chi connectivity index (χ3n) is 10.1. The largest absolute Gasteiger partial charge is 0.497 e. The summed E-state index contributed by atoms with van der Waals surface area (Å²) in [6.45, 7) is 7.94. The Bertz CT molecular complexity index is 1480. The number of amides is 3. The van der Waals surface area contributed by atoms with Crippen LogP contribution in [0.3, 0.4) is 0 Å². The standard InChI is InChI=1S/C33H44N4O7Si/c1-21-31(45(3,4)42)28(17-29(39)35-13-6-9-24(35)20-38)44-33(21)26-16-25(43-2)10-11-27(26)37(32(33)41)19-22-7-5-8-23(15-22)36-14-12-34-18-30(36)40/h5,7-8,10-11,15-16,21,24,28,31,34,38,42H,6,9,12-14,17-20H2,1-4H3/t21-,24-,28+,31-,33+/m0/s1. The van der Waals surface area contributed by atoms with E-state index in [9.17, 15) is 24.3 Å². The van der Waals surface area contributed by atoms with Crippen molar-refractivity contribution in [3.63, 3.8) is 0 Å². The maximum absolute atomic E-state index is 14.8. The number of hydrogen-bond donors (Lipinski definition) is 3. The van der Waals surface area contributed by atoms with Gasteiger partial charge >= 0.3 is 0 Å². The fourth-order valence-corrected chi connectivity index (χ4v) is 10.6. The fourth-order valence-electron chi connectivity index (χ4n) is 8.07. The Hall–Kier alpha value is -3.29. The van der Waals surface area contributed by atoms with Crippen LogP contribution in [-0.4, -0.2) is 92.9 Å². The molecule has 0 radical (unpaired) electrons. The summed E-state index contributed by atoms with van der Waals surface area (Å²) in [5, 5.41) is 12.9. The number of likely N-dealkylation sites (tertiary alicyclic amines) is 1. The Balaban J connectivity index is 1.36. The fraction of sp³-hybridized carbons (Fsp3) is 0.545. The van der Waals surface area contributed by atoms with Gasteiger partial charge in [-0.25, -0.2) is 0 Å². The minimum absolute atomic E-state index is 0.00174. The number of anilines is 2. The second-order valence-electron chi connectivity index (χ2n) is 13.3. The SMILES string of the molecule is COc1ccc2c(c1)[C@@]1(O[C@H](CC(=O)N3CCC[C@H]3CO)[C@@H]([Si](C)(C)O)[C@@H]1C)C(=O)N2Cc1cccc(N2CCNCC2=O)c1. The van der Waals surface area contributed by atoms with Gasteiger partial charge in [-0.05, 0) is 61.8 Å². The lowest BCUT2D eigenvalue weighted by Crippen LogP contribution is -2.48. The van der Waals surface area contributed by atoms with E-state index >= 15 is 0 Å². The summed E-state index contributed by atoms with van der Waals surface area (Å²) in [4.78, 5) is 57.8. The van der Waals surface area contributed by atoms with Crippen LogP contribution in [0.2, 0.25) is 18.6 Å². The molecule has 0 aromatic heterocycles. The number of carbonyl (C=O) groups excluding carboxylic acids is 3. The molecule has 2 aromatic carbocycles. The zero-order chi connectivity index (χ0) is 32.1. The predicted octanol–water partition coefficient (Wildman–Crippen LogP) is 2.35. The summed E-state index contributed by atoms with van der Waals surface area (Å²) < 4.78 is 12.4. The van der Waals surface area contributed by atoms with Crippen LogP contribution < -0.4 is 19.9 Å². The zero-order valence-corrected chi connectivity index (χ0v) is 27.5. The van der Waals surface area contributed by atoms with E-state index in [0.29, 0.717) is 36.6 Å². The Kier molecular flexibility index (Phi) is 8.55. The normalized spacial score (nSPS) is 28.4. The highest BCUT2D eigenvalue weighted by Gasteiger charge is 2.66. The van der Waals surface area contributed by atoms with Crippen LogP contribution >= 0.6 is 0 Å². The molecule has 3 amide bonds. The lowest BCUT2D eigenvalue weighted by molar-refractivity contribution is -0.150. The number of piperazine rings is 1. The van der Waals surface area contributed by atoms with E-state index in [1.165, 1.54) is 0 Å². The molecule has 45 heavy (non-hydrogen) atoms. The number of aliphatic hydroxyl groups is 1. The van der Waals surface area contributed by atoms with Crippen molar-refractivity contribution in [2.24, 2.45) is 5.92 Å². The number of benzene rings is 2. The van der Waals surface area contributed by atoms with Crippen molar-refractivity contribution in [2.45, 2.75) is 69.1 Å². The van der Waals surface area contributed by atoms with E-state index in [2.05, 4.69) is 5.32 Å². The second kappa shape index (κ2) is 12.1. The Morgan fingerprint density at radius 1 is 1.18 bits per heavy atom. The summed E-state index contributed by atoms with van der Waals surface area (Å²) in [6, 6.07) is 13.0. The summed E-state index contributed by atoms with van der Waals surface area (Å²) in [5.74, 6) is -0.215. The quantitative estimate of drug-likeness (QED) is 0.377. The van der Waals surface area contributed by atoms with Crippen LogP contribution in [0.25, 0.3) is 0 Å². The molecule has 12 heteroatoms. The number of rotatable bonds is 8. The highest BCUT2D eigenvalue weighted by molar-refractivity contribution is 6.71. The maximum Gasteiger partial charge on any atom is 0.264 e. The topological polar surface area (TPSA) is 132 Å². The lowest BCUT2D eigenvalue weighted by Gasteiger charge is -2.33. The first-order valence-corrected chi connectivity index (χ1v) is 18.9. The number of ether oxygens (including phenoxy) is 2. The van der Waals surface area contributed by atoms with E-state index in [4.69, 9.17) is 9.47 Å². The third-order valence-corrected chi connectivity index (χ3v) is 12.6. The van der Waals surface area contributed by atoms with Crippen molar-refractivity contribution in [1.29, 1.82) is 0 Å². The summed E-state index contributed by atoms with van der Waals surface area (Å²) in [7, 11) is -1.39. The van der Waals surface area contributed by atoms with Crippen LogP contribution in [0.4, 0.5) is 11.4 Å². The maximum atomic E-state index is 14.8. The van der Waals surface area contributed by atoms with Crippen molar-refractivity contribution in [2.75, 3.05) is 49.7 Å². The molecular formula is C33H44N4O7Si. The van der Waals surface area contributed by atoms with Crippen LogP contribution in [0.15, 0.2) is 42.5 Å². The van der Waals surface area contributed by atoms with E-state index in [1.54, 1.807) is 21.8 Å². The number of aliphatic hydroxyl groups excluding tert-OH is 1. The van der Waals surface area contributed by atoms with Gasteiger partial charge in [-0.1, -0.05) is 19.1 Å². The summed E-state index contributed by atoms with van der Waals surface area (Å²) in [5.41, 5.74) is 1.19. The number of carbonyl (C=O) groups is 3. The number of nitrogens with zero attached hydrogens (tertiary/aromatic N) is 3. The average Bonchev–Trinajstić information content (AvgIpc) is 3.68. The van der Waals surface area contributed by atoms with Crippen molar-refractivity contribution in [3.05, 3.63) is 53.6 Å². The first kappa shape index (κ1) is 31.7. The second-order valence-corrected chi connectivity index (χ2v) is 17.3. The van der Waals surface area contributed by atoms with Crippen molar-refractivity contribution >= 4 is 37.4 Å². The first-order valence-electron chi connectivity index (χ1n) is 15.9. The van der Waals surface area contributed by atoms with Crippen LogP contribution in [0, 0.1) is 5.92 Å². The molecule has 242 valence electrons. The summed E-state index contributed by atoms with van der Waals surface area (Å²) >= 11 is 0. The van der Waals surface area contributed by atoms with Gasteiger partial charge in [0, 0.05) is 42.3 Å². The molecule has 11 nitrogen and oxygen atoms in total. The Labute approximate surface area is 265 Å². The van der Waals surface area contributed by atoms with Crippen molar-refractivity contribution in [3.8, 4) is 5.75 Å². The zero-order valence-electron chi connectivity index (χ0n) is 26.5. The van der Waals surface area contributed by atoms with Crippen molar-refractivity contribution < 1.29 is 33.8 Å². The first-order chi connectivity index (χ1) is 21.5. The van der Waals surface area contributed by atoms with Gasteiger partial charge < -0.3 is 39.4 Å². The molecule has 4 heterocycles. The van der Waals surface area contributed by atoms with E-state index < -0.39 is 31.5 Å². The van der Waals surface area contributed by atoms with Gasteiger partial charge in [-0.3, -0.25) is 14.4 Å². The minimum Gasteiger partial charge on any atom is -0.497 e. The van der Waals surface area contributed by atoms with Gasteiger partial charge in [0.05, 0.1) is 51.1 Å². The summed E-state index contributed by atoms with van der Waals surface area (Å²) in [6.07, 6.45) is 0.932. The Morgan fingerprint density at radius 2 is 1.98 bits per heavy atom. The van der Waals surface area contributed by atoms with Crippen molar-refractivity contribution in [1.82, 2.24) is 10.2 Å². The number of fused-ring (bicyclic) bond motifs is 2. The number of hydrogen-bond acceptors (Lipinski definition) is 8. The number of methoxy groups -OCH3 is 1. The molecule has 0 bridgehead atoms. The molecule has 2 aromatic rings. The molecule has 4 aliphatic heterocycles. The molecule has 0 aliphatic carbocycles. The van der Waals surface area contributed by atoms with E-state index in [1.807, 2.05) is 62.5 Å². The smallest absolute Gasteiger partial charge is 0.264 e. The molecular weight excluding hydrogens is 592 g/mol. The molecule has 5 atom stereocenters. The Morgan fingerprint density at radius 3 is 2.69 bits per heavy atom. The molecule has 6 rings (SSSR count). The minimum atomic E-state index is -2.97. The molecule has 1 spiro atoms. The highest BCUT2D eigenvalue weighted by atomic mass is 28.4. The highest BCUT2D eigenvalue weighted by Crippen LogP contribution is 2.60. The molecule has 0 saturated carbocycles. The van der Waals surface area contributed by atoms with Crippen LogP contribution in [0.5, 0.6) is 5.75 Å². The van der Waals surface area contributed by atoms with E-state index in [-0.39, 0.29) is 49.9 Å². The number of nitrogens with one attached hydrogen (secondary N) is 1. The van der Waals surface area contributed by atoms with Crippen LogP contribution in [0.1, 0.15) is 37.3 Å². The van der Waals surface area contributed by atoms with Gasteiger partial charge in [0.15, 0.2) is 13.9 Å².